The minimum absolute atomic E-state index is 0.178. The predicted octanol–water partition coefficient (Wildman–Crippen LogP) is -0.775. The topological polar surface area (TPSA) is 139 Å². The molecule has 0 aromatic carbocycles. The molecular formula is C10H11N3O6S. The molecule has 0 saturated carbocycles. The van der Waals surface area contributed by atoms with Gasteiger partial charge in [0, 0.05) is 18.2 Å². The molecule has 2 heterocycles. The van der Waals surface area contributed by atoms with E-state index in [1.54, 1.807) is 0 Å². The SMILES string of the molecule is CC(=O)OCC1=C(C(=O)O)N2C(=O)C(N)(N=O)[C@H]2SC1. The van der Waals surface area contributed by atoms with Gasteiger partial charge in [0.05, 0.1) is 0 Å². The number of amides is 1. The number of β-lactam (4-membered cyclic amide) rings is 1. The second kappa shape index (κ2) is 4.87. The fourth-order valence-electron chi connectivity index (χ4n) is 2.01. The number of carboxylic acid groups (broad SMARTS) is 1. The Morgan fingerprint density at radius 1 is 1.65 bits per heavy atom. The molecule has 0 aromatic rings. The van der Waals surface area contributed by atoms with Gasteiger partial charge in [-0.25, -0.2) is 4.79 Å². The number of nitrogens with two attached hydrogens (primary N) is 1. The van der Waals surface area contributed by atoms with Crippen LogP contribution >= 0.6 is 11.8 Å². The van der Waals surface area contributed by atoms with Crippen LogP contribution in [0.3, 0.4) is 0 Å². The number of aliphatic carboxylic acids is 1. The number of thioether (sulfide) groups is 1. The van der Waals surface area contributed by atoms with Crippen LogP contribution in [0.5, 0.6) is 0 Å². The average Bonchev–Trinajstić information content (AvgIpc) is 2.42. The molecule has 1 fully saturated rings. The van der Waals surface area contributed by atoms with E-state index in [-0.39, 0.29) is 23.6 Å². The maximum Gasteiger partial charge on any atom is 0.352 e. The van der Waals surface area contributed by atoms with Crippen molar-refractivity contribution in [3.05, 3.63) is 16.2 Å². The van der Waals surface area contributed by atoms with E-state index in [0.717, 1.165) is 16.7 Å². The van der Waals surface area contributed by atoms with Crippen LogP contribution in [0.1, 0.15) is 6.92 Å². The first-order chi connectivity index (χ1) is 9.32. The Kier molecular flexibility index (Phi) is 3.52. The fraction of sp³-hybridized carbons (Fsp3) is 0.500. The molecule has 2 atom stereocenters. The first-order valence-corrected chi connectivity index (χ1v) is 6.55. The second-order valence-corrected chi connectivity index (χ2v) is 5.36. The highest BCUT2D eigenvalue weighted by Crippen LogP contribution is 2.45. The molecular weight excluding hydrogens is 290 g/mol. The second-order valence-electron chi connectivity index (χ2n) is 4.29. The van der Waals surface area contributed by atoms with E-state index in [2.05, 4.69) is 5.18 Å². The van der Waals surface area contributed by atoms with E-state index >= 15 is 0 Å². The summed E-state index contributed by atoms with van der Waals surface area (Å²) in [6, 6.07) is 0. The zero-order valence-electron chi connectivity index (χ0n) is 10.4. The number of carboxylic acids is 1. The van der Waals surface area contributed by atoms with Crippen molar-refractivity contribution in [2.75, 3.05) is 12.4 Å². The lowest BCUT2D eigenvalue weighted by molar-refractivity contribution is -0.154. The van der Waals surface area contributed by atoms with Crippen LogP contribution in [-0.2, 0) is 19.1 Å². The van der Waals surface area contributed by atoms with Gasteiger partial charge in [-0.05, 0) is 5.18 Å². The summed E-state index contributed by atoms with van der Waals surface area (Å²) in [6.07, 6.45) is 0. The van der Waals surface area contributed by atoms with Gasteiger partial charge in [0.25, 0.3) is 11.6 Å². The number of rotatable bonds is 4. The summed E-state index contributed by atoms with van der Waals surface area (Å²) < 4.78 is 4.76. The Morgan fingerprint density at radius 3 is 2.80 bits per heavy atom. The molecule has 0 bridgehead atoms. The number of hydrogen-bond acceptors (Lipinski definition) is 8. The van der Waals surface area contributed by atoms with Crippen LogP contribution in [0.4, 0.5) is 0 Å². The molecule has 2 aliphatic rings. The molecule has 1 amide bonds. The van der Waals surface area contributed by atoms with Crippen LogP contribution in [0, 0.1) is 4.91 Å². The highest BCUT2D eigenvalue weighted by Gasteiger charge is 2.64. The van der Waals surface area contributed by atoms with Crippen molar-refractivity contribution in [3.8, 4) is 0 Å². The monoisotopic (exact) mass is 301 g/mol. The van der Waals surface area contributed by atoms with Crippen molar-refractivity contribution < 1.29 is 24.2 Å². The maximum atomic E-state index is 11.8. The molecule has 0 aromatic heterocycles. The predicted molar refractivity (Wildman–Crippen MR) is 67.1 cm³/mol. The third-order valence-corrected chi connectivity index (χ3v) is 4.37. The van der Waals surface area contributed by atoms with Gasteiger partial charge >= 0.3 is 11.9 Å². The van der Waals surface area contributed by atoms with Crippen molar-refractivity contribution in [3.63, 3.8) is 0 Å². The Balaban J connectivity index is 2.33. The highest BCUT2D eigenvalue weighted by molar-refractivity contribution is 8.00. The molecule has 10 heteroatoms. The van der Waals surface area contributed by atoms with Gasteiger partial charge < -0.3 is 9.84 Å². The van der Waals surface area contributed by atoms with Gasteiger partial charge in [-0.2, -0.15) is 0 Å². The number of esters is 1. The van der Waals surface area contributed by atoms with Gasteiger partial charge in [0.2, 0.25) is 0 Å². The molecule has 9 nitrogen and oxygen atoms in total. The quantitative estimate of drug-likeness (QED) is 0.392. The molecule has 0 radical (unpaired) electrons. The van der Waals surface area contributed by atoms with Crippen molar-refractivity contribution in [2.45, 2.75) is 18.0 Å². The Hall–Kier alpha value is -1.94. The van der Waals surface area contributed by atoms with Crippen molar-refractivity contribution >= 4 is 29.6 Å². The van der Waals surface area contributed by atoms with Crippen molar-refractivity contribution in [2.24, 2.45) is 10.9 Å². The van der Waals surface area contributed by atoms with Crippen LogP contribution < -0.4 is 5.73 Å². The standard InChI is InChI=1S/C10H11N3O6S/c1-4(14)19-2-5-3-20-9-10(11,12-18)8(17)13(9)6(5)7(15)16/h9H,2-3,11H2,1H3,(H,15,16)/t9-,10?/m1/s1. The van der Waals surface area contributed by atoms with E-state index in [4.69, 9.17) is 10.5 Å². The van der Waals surface area contributed by atoms with Gasteiger partial charge in [-0.15, -0.1) is 16.7 Å². The molecule has 20 heavy (non-hydrogen) atoms. The lowest BCUT2D eigenvalue weighted by Crippen LogP contribution is -2.77. The first kappa shape index (κ1) is 14.5. The molecule has 108 valence electrons. The number of hydrogen-bond donors (Lipinski definition) is 2. The van der Waals surface area contributed by atoms with E-state index in [0.29, 0.717) is 0 Å². The zero-order chi connectivity index (χ0) is 15.1. The van der Waals surface area contributed by atoms with E-state index < -0.39 is 28.9 Å². The van der Waals surface area contributed by atoms with Gasteiger partial charge in [0.1, 0.15) is 17.7 Å². The van der Waals surface area contributed by atoms with Crippen molar-refractivity contribution in [1.29, 1.82) is 0 Å². The maximum absolute atomic E-state index is 11.8. The Labute approximate surface area is 117 Å². The minimum Gasteiger partial charge on any atom is -0.477 e. The molecule has 0 aliphatic carbocycles. The number of carbonyl (C=O) groups excluding carboxylic acids is 2. The molecule has 1 saturated heterocycles. The largest absolute Gasteiger partial charge is 0.477 e. The summed E-state index contributed by atoms with van der Waals surface area (Å²) in [7, 11) is 0. The van der Waals surface area contributed by atoms with E-state index in [1.807, 2.05) is 0 Å². The lowest BCUT2D eigenvalue weighted by atomic mass is 9.97. The Morgan fingerprint density at radius 2 is 2.30 bits per heavy atom. The summed E-state index contributed by atoms with van der Waals surface area (Å²) in [5.74, 6) is -2.61. The van der Waals surface area contributed by atoms with Crippen LogP contribution in [-0.4, -0.2) is 51.2 Å². The summed E-state index contributed by atoms with van der Waals surface area (Å²) in [4.78, 5) is 45.5. The average molecular weight is 301 g/mol. The van der Waals surface area contributed by atoms with Crippen molar-refractivity contribution in [1.82, 2.24) is 4.90 Å². The van der Waals surface area contributed by atoms with Gasteiger partial charge in [-0.1, -0.05) is 0 Å². The molecule has 0 spiro atoms. The summed E-state index contributed by atoms with van der Waals surface area (Å²) in [6.45, 7) is 0.961. The molecule has 3 N–H and O–H groups in total. The summed E-state index contributed by atoms with van der Waals surface area (Å²) in [5.41, 5.74) is 3.58. The number of ether oxygens (including phenoxy) is 1. The fourth-order valence-corrected chi connectivity index (χ4v) is 3.34. The van der Waals surface area contributed by atoms with Crippen LogP contribution in [0.15, 0.2) is 16.4 Å². The normalized spacial score (nSPS) is 28.6. The third kappa shape index (κ3) is 1.96. The van der Waals surface area contributed by atoms with E-state index in [1.165, 1.54) is 6.92 Å². The number of carbonyl (C=O) groups is 3. The smallest absolute Gasteiger partial charge is 0.352 e. The van der Waals surface area contributed by atoms with Crippen LogP contribution in [0.2, 0.25) is 0 Å². The Bertz CT molecular complexity index is 547. The molecule has 1 unspecified atom stereocenters. The van der Waals surface area contributed by atoms with Crippen LogP contribution in [0.25, 0.3) is 0 Å². The molecule has 2 aliphatic heterocycles. The third-order valence-electron chi connectivity index (χ3n) is 2.97. The van der Waals surface area contributed by atoms with Gasteiger partial charge in [0.15, 0.2) is 0 Å². The lowest BCUT2D eigenvalue weighted by Gasteiger charge is -2.51. The summed E-state index contributed by atoms with van der Waals surface area (Å²) >= 11 is 1.10. The highest BCUT2D eigenvalue weighted by atomic mass is 32.2. The summed E-state index contributed by atoms with van der Waals surface area (Å²) in [5, 5.41) is 11.0. The zero-order valence-corrected chi connectivity index (χ0v) is 11.2. The van der Waals surface area contributed by atoms with E-state index in [9.17, 15) is 24.4 Å². The number of nitroso groups, excluding NO2 is 1. The number of nitrogens with zero attached hydrogens (tertiary/aromatic N) is 2. The minimum atomic E-state index is -1.93. The number of fused-ring (bicyclic) bond motifs is 1. The van der Waals surface area contributed by atoms with Gasteiger partial charge in [-0.3, -0.25) is 20.2 Å². The first-order valence-electron chi connectivity index (χ1n) is 5.50. The molecule has 2 rings (SSSR count).